The Hall–Kier alpha value is -1.59. The summed E-state index contributed by atoms with van der Waals surface area (Å²) >= 11 is 0. The number of sulfone groups is 1. The second kappa shape index (κ2) is 9.05. The zero-order valence-electron chi connectivity index (χ0n) is 18.1. The molecule has 5 heteroatoms. The van der Waals surface area contributed by atoms with Crippen LogP contribution in [0.1, 0.15) is 69.1 Å². The molecule has 2 atom stereocenters. The van der Waals surface area contributed by atoms with E-state index in [1.54, 1.807) is 0 Å². The summed E-state index contributed by atoms with van der Waals surface area (Å²) in [4.78, 5) is 0. The van der Waals surface area contributed by atoms with Crippen molar-refractivity contribution in [3.8, 4) is 5.75 Å². The summed E-state index contributed by atoms with van der Waals surface area (Å²) in [7, 11) is -3.08. The number of ether oxygens (including phenoxy) is 1. The van der Waals surface area contributed by atoms with Crippen molar-refractivity contribution in [1.82, 2.24) is 0 Å². The van der Waals surface area contributed by atoms with Gasteiger partial charge in [-0.15, -0.1) is 0 Å². The van der Waals surface area contributed by atoms with Gasteiger partial charge in [-0.1, -0.05) is 43.9 Å². The molecule has 1 fully saturated rings. The number of hydrogen-bond donors (Lipinski definition) is 1. The molecule has 1 aromatic carbocycles. The van der Waals surface area contributed by atoms with Gasteiger partial charge in [-0.25, -0.2) is 8.42 Å². The van der Waals surface area contributed by atoms with E-state index in [0.29, 0.717) is 12.4 Å². The molecule has 29 heavy (non-hydrogen) atoms. The number of aromatic hydroxyl groups is 1. The number of fused-ring (bicyclic) bond motifs is 1. The lowest BCUT2D eigenvalue weighted by molar-refractivity contribution is 0.117. The smallest absolute Gasteiger partial charge is 0.163 e. The molecule has 4 nitrogen and oxygen atoms in total. The topological polar surface area (TPSA) is 63.6 Å². The molecular weight excluding hydrogens is 384 g/mol. The van der Waals surface area contributed by atoms with Crippen LogP contribution in [-0.2, 0) is 14.6 Å². The van der Waals surface area contributed by atoms with Crippen molar-refractivity contribution >= 4 is 15.9 Å². The van der Waals surface area contributed by atoms with E-state index in [2.05, 4.69) is 19.9 Å². The van der Waals surface area contributed by atoms with Gasteiger partial charge in [0, 0.05) is 0 Å². The number of phenols is 1. The minimum atomic E-state index is -3.08. The van der Waals surface area contributed by atoms with Crippen molar-refractivity contribution < 1.29 is 18.3 Å². The van der Waals surface area contributed by atoms with Crippen molar-refractivity contribution in [3.63, 3.8) is 0 Å². The summed E-state index contributed by atoms with van der Waals surface area (Å²) in [5.74, 6) is 0.590. The highest BCUT2D eigenvalue weighted by molar-refractivity contribution is 7.92. The van der Waals surface area contributed by atoms with E-state index in [-0.39, 0.29) is 11.9 Å². The van der Waals surface area contributed by atoms with Crippen molar-refractivity contribution in [2.45, 2.75) is 77.6 Å². The fraction of sp³-hybridized carbons (Fsp3) is 0.583. The molecule has 2 heterocycles. The third-order valence-corrected chi connectivity index (χ3v) is 8.10. The average molecular weight is 419 g/mol. The summed E-state index contributed by atoms with van der Waals surface area (Å²) in [5, 5.41) is 9.61. The van der Waals surface area contributed by atoms with Gasteiger partial charge in [0.1, 0.15) is 11.0 Å². The molecule has 160 valence electrons. The van der Waals surface area contributed by atoms with Gasteiger partial charge < -0.3 is 9.84 Å². The lowest BCUT2D eigenvalue weighted by Crippen LogP contribution is -2.19. The van der Waals surface area contributed by atoms with Crippen LogP contribution in [0.3, 0.4) is 0 Å². The Balaban J connectivity index is 1.78. The predicted molar refractivity (Wildman–Crippen MR) is 119 cm³/mol. The highest BCUT2D eigenvalue weighted by Gasteiger charge is 2.46. The molecule has 2 aliphatic heterocycles. The molecule has 0 aromatic heterocycles. The first-order valence-corrected chi connectivity index (χ1v) is 12.5. The van der Waals surface area contributed by atoms with Crippen LogP contribution in [0.25, 0.3) is 6.08 Å². The Morgan fingerprint density at radius 1 is 1.17 bits per heavy atom. The molecule has 3 rings (SSSR count). The van der Waals surface area contributed by atoms with E-state index >= 15 is 0 Å². The third-order valence-electron chi connectivity index (χ3n) is 6.09. The summed E-state index contributed by atoms with van der Waals surface area (Å²) < 4.78 is 31.0. The van der Waals surface area contributed by atoms with Crippen LogP contribution in [-0.4, -0.2) is 37.2 Å². The summed E-state index contributed by atoms with van der Waals surface area (Å²) in [5.41, 5.74) is 6.41. The molecule has 1 N–H and O–H groups in total. The largest absolute Gasteiger partial charge is 0.507 e. The second-order valence-electron chi connectivity index (χ2n) is 8.52. The molecular formula is C24H34O4S. The first kappa shape index (κ1) is 22.1. The average Bonchev–Trinajstić information content (AvgIpc) is 3.18. The van der Waals surface area contributed by atoms with Crippen LogP contribution in [0.4, 0.5) is 0 Å². The molecule has 0 amide bonds. The van der Waals surface area contributed by atoms with E-state index < -0.39 is 15.1 Å². The summed E-state index contributed by atoms with van der Waals surface area (Å²) in [6.45, 7) is 8.44. The molecule has 0 bridgehead atoms. The Morgan fingerprint density at radius 3 is 2.48 bits per heavy atom. The highest BCUT2D eigenvalue weighted by atomic mass is 32.2. The summed E-state index contributed by atoms with van der Waals surface area (Å²) in [6.07, 6.45) is 7.78. The third kappa shape index (κ3) is 4.77. The molecule has 1 saturated heterocycles. The summed E-state index contributed by atoms with van der Waals surface area (Å²) in [6, 6.07) is 4.04. The first-order chi connectivity index (χ1) is 13.8. The minimum Gasteiger partial charge on any atom is -0.507 e. The van der Waals surface area contributed by atoms with Crippen LogP contribution in [0, 0.1) is 13.8 Å². The molecule has 1 aromatic rings. The Labute approximate surface area is 175 Å². The fourth-order valence-corrected chi connectivity index (χ4v) is 6.73. The number of benzene rings is 1. The van der Waals surface area contributed by atoms with Crippen molar-refractivity contribution in [1.29, 1.82) is 0 Å². The fourth-order valence-electron chi connectivity index (χ4n) is 4.74. The Bertz CT molecular complexity index is 901. The van der Waals surface area contributed by atoms with Crippen molar-refractivity contribution in [2.24, 2.45) is 0 Å². The normalized spacial score (nSPS) is 23.7. The number of aryl methyl sites for hydroxylation is 2. The van der Waals surface area contributed by atoms with Gasteiger partial charge >= 0.3 is 0 Å². The van der Waals surface area contributed by atoms with Crippen LogP contribution in [0.2, 0.25) is 0 Å². The SMILES string of the molecule is CCCC1=C2[C@@H](CC/C(=C/c3cc(C)c(O)c(C)c3)CCC)OC[C@@H]2S(=O)(=O)C1. The number of allylic oxidation sites excluding steroid dienone is 1. The molecule has 0 saturated carbocycles. The minimum absolute atomic E-state index is 0.0672. The van der Waals surface area contributed by atoms with Crippen LogP contribution in [0.5, 0.6) is 5.75 Å². The quantitative estimate of drug-likeness (QED) is 0.585. The maximum atomic E-state index is 12.5. The van der Waals surface area contributed by atoms with Crippen LogP contribution >= 0.6 is 0 Å². The Kier molecular flexibility index (Phi) is 6.90. The van der Waals surface area contributed by atoms with E-state index in [1.807, 2.05) is 26.0 Å². The zero-order valence-corrected chi connectivity index (χ0v) is 18.9. The van der Waals surface area contributed by atoms with E-state index in [4.69, 9.17) is 4.74 Å². The van der Waals surface area contributed by atoms with E-state index in [1.165, 1.54) is 5.57 Å². The monoisotopic (exact) mass is 418 g/mol. The molecule has 0 radical (unpaired) electrons. The van der Waals surface area contributed by atoms with E-state index in [9.17, 15) is 13.5 Å². The standard InChI is InChI=1S/C24H34O4S/c1-5-7-18(13-19-11-16(3)24(25)17(4)12-19)9-10-21-23-20(8-6-2)15-29(26,27)22(23)14-28-21/h11-13,21-22,25H,5-10,14-15H2,1-4H3/b18-13+/t21-,22+/m1/s1. The number of phenolic OH excluding ortho intramolecular Hbond substituents is 1. The van der Waals surface area contributed by atoms with Gasteiger partial charge in [0.05, 0.1) is 18.5 Å². The van der Waals surface area contributed by atoms with Gasteiger partial charge in [0.25, 0.3) is 0 Å². The van der Waals surface area contributed by atoms with Crippen LogP contribution in [0.15, 0.2) is 28.9 Å². The van der Waals surface area contributed by atoms with Gasteiger partial charge in [0.2, 0.25) is 0 Å². The first-order valence-electron chi connectivity index (χ1n) is 10.8. The predicted octanol–water partition coefficient (Wildman–Crippen LogP) is 5.27. The number of hydrogen-bond acceptors (Lipinski definition) is 4. The highest BCUT2D eigenvalue weighted by Crippen LogP contribution is 2.40. The number of rotatable bonds is 8. The van der Waals surface area contributed by atoms with Crippen molar-refractivity contribution in [3.05, 3.63) is 45.5 Å². The van der Waals surface area contributed by atoms with Crippen molar-refractivity contribution in [2.75, 3.05) is 12.4 Å². The lowest BCUT2D eigenvalue weighted by atomic mass is 9.93. The van der Waals surface area contributed by atoms with Gasteiger partial charge in [-0.05, 0) is 73.9 Å². The molecule has 2 aliphatic rings. The maximum absolute atomic E-state index is 12.5. The second-order valence-corrected chi connectivity index (χ2v) is 10.7. The maximum Gasteiger partial charge on any atom is 0.163 e. The molecule has 0 unspecified atom stereocenters. The molecule has 0 spiro atoms. The molecule has 0 aliphatic carbocycles. The zero-order chi connectivity index (χ0) is 21.2. The lowest BCUT2D eigenvalue weighted by Gasteiger charge is -2.15. The Morgan fingerprint density at radius 2 is 1.86 bits per heavy atom. The van der Waals surface area contributed by atoms with Gasteiger partial charge in [0.15, 0.2) is 9.84 Å². The van der Waals surface area contributed by atoms with Crippen LogP contribution < -0.4 is 0 Å². The van der Waals surface area contributed by atoms with Gasteiger partial charge in [-0.2, -0.15) is 0 Å². The van der Waals surface area contributed by atoms with Gasteiger partial charge in [-0.3, -0.25) is 0 Å². The van der Waals surface area contributed by atoms with E-state index in [0.717, 1.165) is 66.4 Å².